The first-order valence-corrected chi connectivity index (χ1v) is 11.8. The molecule has 1 amide bonds. The fourth-order valence-electron chi connectivity index (χ4n) is 3.40. The minimum atomic E-state index is -3.81. The number of carbonyl (C=O) groups excluding carboxylic acids is 1. The van der Waals surface area contributed by atoms with Crippen LogP contribution in [0.25, 0.3) is 5.69 Å². The Bertz CT molecular complexity index is 1320. The summed E-state index contributed by atoms with van der Waals surface area (Å²) < 4.78 is 29.4. The van der Waals surface area contributed by atoms with Crippen LogP contribution in [-0.2, 0) is 16.6 Å². The van der Waals surface area contributed by atoms with Gasteiger partial charge in [0, 0.05) is 18.7 Å². The van der Waals surface area contributed by atoms with Crippen LogP contribution in [0.4, 0.5) is 5.69 Å². The van der Waals surface area contributed by atoms with Gasteiger partial charge in [0.25, 0.3) is 15.9 Å². The number of para-hydroxylation sites is 1. The third-order valence-electron chi connectivity index (χ3n) is 5.09. The largest absolute Gasteiger partial charge is 0.348 e. The molecule has 0 saturated carbocycles. The van der Waals surface area contributed by atoms with Crippen molar-refractivity contribution >= 4 is 21.6 Å². The molecule has 0 radical (unpaired) electrons. The summed E-state index contributed by atoms with van der Waals surface area (Å²) in [5.41, 5.74) is 2.61. The van der Waals surface area contributed by atoms with Crippen molar-refractivity contribution in [1.29, 1.82) is 0 Å². The normalized spacial score (nSPS) is 11.2. The van der Waals surface area contributed by atoms with Crippen molar-refractivity contribution in [2.24, 2.45) is 0 Å². The van der Waals surface area contributed by atoms with Crippen molar-refractivity contribution in [3.63, 3.8) is 0 Å². The molecule has 0 aliphatic rings. The molecular formula is C24H23N5O3S. The molecule has 168 valence electrons. The fourth-order valence-corrected chi connectivity index (χ4v) is 4.92. The summed E-state index contributed by atoms with van der Waals surface area (Å²) in [6, 6.07) is 22.5. The van der Waals surface area contributed by atoms with Gasteiger partial charge in [-0.2, -0.15) is 5.10 Å². The van der Waals surface area contributed by atoms with Gasteiger partial charge in [-0.25, -0.2) is 18.1 Å². The quantitative estimate of drug-likeness (QED) is 0.434. The zero-order chi connectivity index (χ0) is 23.3. The number of benzene rings is 3. The molecule has 3 aromatic carbocycles. The van der Waals surface area contributed by atoms with Crippen molar-refractivity contribution in [1.82, 2.24) is 20.1 Å². The van der Waals surface area contributed by atoms with Gasteiger partial charge in [0.05, 0.1) is 16.3 Å². The number of carbonyl (C=O) groups is 1. The van der Waals surface area contributed by atoms with E-state index >= 15 is 0 Å². The summed E-state index contributed by atoms with van der Waals surface area (Å²) in [6.07, 6.45) is 3.07. The van der Waals surface area contributed by atoms with Gasteiger partial charge in [0.2, 0.25) is 0 Å². The molecule has 0 spiro atoms. The van der Waals surface area contributed by atoms with E-state index in [1.165, 1.54) is 22.8 Å². The van der Waals surface area contributed by atoms with Gasteiger partial charge in [-0.05, 0) is 55.0 Å². The average Bonchev–Trinajstić information content (AvgIpc) is 3.39. The second-order valence-corrected chi connectivity index (χ2v) is 9.08. The fraction of sp³-hybridized carbons (Fsp3) is 0.125. The molecule has 0 aliphatic heterocycles. The molecule has 0 unspecified atom stereocenters. The molecule has 0 fully saturated rings. The van der Waals surface area contributed by atoms with Gasteiger partial charge in [-0.15, -0.1) is 0 Å². The molecule has 9 heteroatoms. The van der Waals surface area contributed by atoms with Crippen LogP contribution in [0, 0.1) is 0 Å². The molecular weight excluding hydrogens is 438 g/mol. The maximum atomic E-state index is 13.2. The van der Waals surface area contributed by atoms with Crippen molar-refractivity contribution in [2.75, 3.05) is 10.8 Å². The van der Waals surface area contributed by atoms with Gasteiger partial charge < -0.3 is 5.32 Å². The van der Waals surface area contributed by atoms with Crippen LogP contribution < -0.4 is 9.62 Å². The highest BCUT2D eigenvalue weighted by atomic mass is 32.2. The molecule has 0 atom stereocenters. The third-order valence-corrected chi connectivity index (χ3v) is 6.99. The van der Waals surface area contributed by atoms with Gasteiger partial charge in [-0.3, -0.25) is 9.10 Å². The Morgan fingerprint density at radius 1 is 1.00 bits per heavy atom. The van der Waals surface area contributed by atoms with Crippen molar-refractivity contribution in [3.05, 3.63) is 103 Å². The Labute approximate surface area is 192 Å². The molecule has 0 aliphatic carbocycles. The first kappa shape index (κ1) is 22.2. The Morgan fingerprint density at radius 3 is 2.42 bits per heavy atom. The van der Waals surface area contributed by atoms with E-state index in [4.69, 9.17) is 0 Å². The number of aromatic nitrogens is 3. The highest BCUT2D eigenvalue weighted by Gasteiger charge is 2.24. The van der Waals surface area contributed by atoms with E-state index in [2.05, 4.69) is 15.4 Å². The van der Waals surface area contributed by atoms with Crippen LogP contribution in [-0.4, -0.2) is 35.6 Å². The van der Waals surface area contributed by atoms with E-state index in [1.54, 1.807) is 54.3 Å². The zero-order valence-corrected chi connectivity index (χ0v) is 18.8. The molecule has 1 N–H and O–H groups in total. The molecule has 1 heterocycles. The van der Waals surface area contributed by atoms with E-state index in [1.807, 2.05) is 30.3 Å². The van der Waals surface area contributed by atoms with Gasteiger partial charge >= 0.3 is 0 Å². The highest BCUT2D eigenvalue weighted by Crippen LogP contribution is 2.23. The van der Waals surface area contributed by atoms with Crippen molar-refractivity contribution in [2.45, 2.75) is 18.4 Å². The van der Waals surface area contributed by atoms with E-state index in [9.17, 15) is 13.2 Å². The molecule has 1 aromatic heterocycles. The lowest BCUT2D eigenvalue weighted by atomic mass is 10.2. The molecule has 4 aromatic rings. The van der Waals surface area contributed by atoms with Crippen LogP contribution >= 0.6 is 0 Å². The first-order valence-electron chi connectivity index (χ1n) is 10.4. The summed E-state index contributed by atoms with van der Waals surface area (Å²) in [7, 11) is -3.81. The van der Waals surface area contributed by atoms with Crippen LogP contribution in [0.5, 0.6) is 0 Å². The van der Waals surface area contributed by atoms with E-state index < -0.39 is 10.0 Å². The molecule has 8 nitrogen and oxygen atoms in total. The highest BCUT2D eigenvalue weighted by molar-refractivity contribution is 7.92. The molecule has 4 rings (SSSR count). The number of nitrogens with zero attached hydrogens (tertiary/aromatic N) is 4. The number of anilines is 1. The lowest BCUT2D eigenvalue weighted by Gasteiger charge is -2.23. The summed E-state index contributed by atoms with van der Waals surface area (Å²) >= 11 is 0. The summed E-state index contributed by atoms with van der Waals surface area (Å²) in [5.74, 6) is -0.352. The second-order valence-electron chi connectivity index (χ2n) is 7.22. The number of sulfonamides is 1. The topological polar surface area (TPSA) is 97.2 Å². The number of nitrogens with one attached hydrogen (secondary N) is 1. The SMILES string of the molecule is CCN(c1ccccc1)S(=O)(=O)c1cccc(C(=O)NCc2ccc(-n3cncn3)cc2)c1. The molecule has 0 bridgehead atoms. The third kappa shape index (κ3) is 4.93. The van der Waals surface area contributed by atoms with Crippen LogP contribution in [0.3, 0.4) is 0 Å². The monoisotopic (exact) mass is 461 g/mol. The Hall–Kier alpha value is -3.98. The number of amides is 1. The van der Waals surface area contributed by atoms with Crippen LogP contribution in [0.1, 0.15) is 22.8 Å². The minimum absolute atomic E-state index is 0.0676. The number of hydrogen-bond donors (Lipinski definition) is 1. The van der Waals surface area contributed by atoms with E-state index in [0.29, 0.717) is 12.2 Å². The van der Waals surface area contributed by atoms with Gasteiger partial charge in [0.15, 0.2) is 0 Å². The van der Waals surface area contributed by atoms with Crippen molar-refractivity contribution in [3.8, 4) is 5.69 Å². The van der Waals surface area contributed by atoms with Gasteiger partial charge in [0.1, 0.15) is 12.7 Å². The summed E-state index contributed by atoms with van der Waals surface area (Å²) in [4.78, 5) is 16.7. The van der Waals surface area contributed by atoms with E-state index in [0.717, 1.165) is 11.3 Å². The smallest absolute Gasteiger partial charge is 0.264 e. The first-order chi connectivity index (χ1) is 16.0. The predicted octanol–water partition coefficient (Wildman–Crippen LogP) is 3.41. The lowest BCUT2D eigenvalue weighted by Crippen LogP contribution is -2.31. The minimum Gasteiger partial charge on any atom is -0.348 e. The maximum absolute atomic E-state index is 13.2. The van der Waals surface area contributed by atoms with Crippen molar-refractivity contribution < 1.29 is 13.2 Å². The Balaban J connectivity index is 1.47. The van der Waals surface area contributed by atoms with Crippen LogP contribution in [0.2, 0.25) is 0 Å². The second kappa shape index (κ2) is 9.66. The average molecular weight is 462 g/mol. The lowest BCUT2D eigenvalue weighted by molar-refractivity contribution is 0.0950. The van der Waals surface area contributed by atoms with Crippen LogP contribution in [0.15, 0.2) is 96.4 Å². The predicted molar refractivity (Wildman–Crippen MR) is 126 cm³/mol. The number of rotatable bonds is 8. The van der Waals surface area contributed by atoms with E-state index in [-0.39, 0.29) is 22.9 Å². The molecule has 33 heavy (non-hydrogen) atoms. The maximum Gasteiger partial charge on any atom is 0.264 e. The number of hydrogen-bond acceptors (Lipinski definition) is 5. The summed E-state index contributed by atoms with van der Waals surface area (Å²) in [5, 5.41) is 6.92. The zero-order valence-electron chi connectivity index (χ0n) is 18.0. The molecule has 0 saturated heterocycles. The van der Waals surface area contributed by atoms with Gasteiger partial charge in [-0.1, -0.05) is 36.4 Å². The Morgan fingerprint density at radius 2 is 1.76 bits per heavy atom. The summed E-state index contributed by atoms with van der Waals surface area (Å²) in [6.45, 7) is 2.35. The standard InChI is InChI=1S/C24H23N5O3S/c1-2-29(22-8-4-3-5-9-22)33(31,32)23-10-6-7-20(15-23)24(30)26-16-19-11-13-21(14-12-19)28-18-25-17-27-28/h3-15,17-18H,2,16H2,1H3,(H,26,30). The Kier molecular flexibility index (Phi) is 6.50.